The van der Waals surface area contributed by atoms with Crippen LogP contribution in [-0.2, 0) is 6.54 Å². The number of benzene rings is 2. The summed E-state index contributed by atoms with van der Waals surface area (Å²) < 4.78 is 2.92. The highest BCUT2D eigenvalue weighted by Crippen LogP contribution is 2.36. The zero-order valence-corrected chi connectivity index (χ0v) is 21.2. The van der Waals surface area contributed by atoms with E-state index in [0.29, 0.717) is 21.2 Å². The Bertz CT molecular complexity index is 1370. The minimum atomic E-state index is -0.271. The van der Waals surface area contributed by atoms with Crippen molar-refractivity contribution >= 4 is 56.2 Å². The van der Waals surface area contributed by atoms with Crippen molar-refractivity contribution in [3.05, 3.63) is 74.9 Å². The maximum absolute atomic E-state index is 12.8. The second kappa shape index (κ2) is 9.99. The van der Waals surface area contributed by atoms with E-state index in [2.05, 4.69) is 22.7 Å². The van der Waals surface area contributed by atoms with Crippen LogP contribution in [0.4, 0.5) is 11.4 Å². The van der Waals surface area contributed by atoms with Gasteiger partial charge in [0.15, 0.2) is 0 Å². The van der Waals surface area contributed by atoms with Crippen LogP contribution in [0.1, 0.15) is 56.7 Å². The van der Waals surface area contributed by atoms with Crippen molar-refractivity contribution in [3.8, 4) is 0 Å². The summed E-state index contributed by atoms with van der Waals surface area (Å²) in [7, 11) is 0. The summed E-state index contributed by atoms with van der Waals surface area (Å²) in [6.45, 7) is 8.83. The van der Waals surface area contributed by atoms with Crippen LogP contribution >= 0.6 is 22.9 Å². The molecule has 0 bridgehead atoms. The number of hydrogen-bond acceptors (Lipinski definition) is 4. The number of anilines is 2. The molecule has 0 aliphatic rings. The molecule has 4 aromatic rings. The average Bonchev–Trinajstić information content (AvgIpc) is 3.28. The number of rotatable bonds is 7. The Hall–Kier alpha value is -3.16. The summed E-state index contributed by atoms with van der Waals surface area (Å²) in [6, 6.07) is 12.7. The lowest BCUT2D eigenvalue weighted by atomic mass is 10.1. The molecule has 176 valence electrons. The Morgan fingerprint density at radius 2 is 1.76 bits per heavy atom. The smallest absolute Gasteiger partial charge is 0.267 e. The van der Waals surface area contributed by atoms with Gasteiger partial charge in [-0.05, 0) is 63.1 Å². The Kier molecular flexibility index (Phi) is 7.05. The van der Waals surface area contributed by atoms with Crippen molar-refractivity contribution in [1.29, 1.82) is 0 Å². The first-order valence-corrected chi connectivity index (χ1v) is 12.4. The normalized spacial score (nSPS) is 11.1. The van der Waals surface area contributed by atoms with Gasteiger partial charge < -0.3 is 10.6 Å². The monoisotopic (exact) mass is 494 g/mol. The van der Waals surface area contributed by atoms with Crippen molar-refractivity contribution in [3.63, 3.8) is 0 Å². The fraction of sp³-hybridized carbons (Fsp3) is 0.269. The molecule has 8 heteroatoms. The quantitative estimate of drug-likeness (QED) is 0.291. The van der Waals surface area contributed by atoms with Crippen LogP contribution in [0, 0.1) is 20.8 Å². The third-order valence-corrected chi connectivity index (χ3v) is 7.40. The lowest BCUT2D eigenvalue weighted by molar-refractivity contribution is 0.102. The number of amides is 2. The summed E-state index contributed by atoms with van der Waals surface area (Å²) in [5.74, 6) is -0.492. The minimum Gasteiger partial charge on any atom is -0.321 e. The van der Waals surface area contributed by atoms with Gasteiger partial charge in [-0.15, -0.1) is 11.3 Å². The molecule has 0 fully saturated rings. The highest BCUT2D eigenvalue weighted by Gasteiger charge is 2.18. The largest absolute Gasteiger partial charge is 0.321 e. The number of aryl methyl sites for hydroxylation is 3. The molecule has 2 N–H and O–H groups in total. The van der Waals surface area contributed by atoms with E-state index in [-0.39, 0.29) is 11.8 Å². The van der Waals surface area contributed by atoms with E-state index in [0.717, 1.165) is 52.1 Å². The van der Waals surface area contributed by atoms with Crippen LogP contribution in [0.3, 0.4) is 0 Å². The summed E-state index contributed by atoms with van der Waals surface area (Å²) in [5.41, 5.74) is 4.68. The van der Waals surface area contributed by atoms with Crippen LogP contribution in [0.15, 0.2) is 42.5 Å². The zero-order valence-electron chi connectivity index (χ0n) is 19.7. The molecule has 0 unspecified atom stereocenters. The molecule has 0 aliphatic heterocycles. The van der Waals surface area contributed by atoms with Gasteiger partial charge in [0.1, 0.15) is 4.88 Å². The van der Waals surface area contributed by atoms with Crippen LogP contribution in [0.25, 0.3) is 10.1 Å². The van der Waals surface area contributed by atoms with E-state index in [1.165, 1.54) is 11.3 Å². The molecule has 2 aromatic carbocycles. The maximum Gasteiger partial charge on any atom is 0.267 e. The number of halogens is 1. The molecule has 0 saturated heterocycles. The van der Waals surface area contributed by atoms with Crippen molar-refractivity contribution < 1.29 is 9.59 Å². The van der Waals surface area contributed by atoms with Gasteiger partial charge in [-0.1, -0.05) is 37.1 Å². The van der Waals surface area contributed by atoms with Crippen LogP contribution in [-0.4, -0.2) is 21.6 Å². The molecule has 4 rings (SSSR count). The number of thiophene rings is 1. The van der Waals surface area contributed by atoms with Gasteiger partial charge in [0.05, 0.1) is 22.1 Å². The number of fused-ring (bicyclic) bond motifs is 1. The second-order valence-electron chi connectivity index (χ2n) is 8.35. The molecule has 6 nitrogen and oxygen atoms in total. The van der Waals surface area contributed by atoms with E-state index in [4.69, 9.17) is 11.6 Å². The highest BCUT2D eigenvalue weighted by atomic mass is 35.5. The standard InChI is InChI=1S/C26H27ClN4O2S/c1-5-6-13-31-17(4)23(16(3)30-31)29-25(32)18-8-10-19(11-9-18)28-26(33)24-22(27)20-12-7-15(2)14-21(20)34-24/h7-12,14H,5-6,13H2,1-4H3,(H,28,33)(H,29,32). The summed E-state index contributed by atoms with van der Waals surface area (Å²) in [6.07, 6.45) is 2.12. The lowest BCUT2D eigenvalue weighted by Gasteiger charge is -2.08. The topological polar surface area (TPSA) is 76.0 Å². The molecule has 0 atom stereocenters. The van der Waals surface area contributed by atoms with Gasteiger partial charge in [0, 0.05) is 27.9 Å². The van der Waals surface area contributed by atoms with Crippen LogP contribution in [0.5, 0.6) is 0 Å². The number of hydrogen-bond donors (Lipinski definition) is 2. The Balaban J connectivity index is 1.45. The number of nitrogens with one attached hydrogen (secondary N) is 2. The van der Waals surface area contributed by atoms with Crippen molar-refractivity contribution in [2.24, 2.45) is 0 Å². The number of unbranched alkanes of at least 4 members (excludes halogenated alkanes) is 1. The third kappa shape index (κ3) is 4.86. The summed E-state index contributed by atoms with van der Waals surface area (Å²) >= 11 is 7.83. The number of carbonyl (C=O) groups excluding carboxylic acids is 2. The van der Waals surface area contributed by atoms with Crippen LogP contribution < -0.4 is 10.6 Å². The van der Waals surface area contributed by atoms with Crippen molar-refractivity contribution in [2.75, 3.05) is 10.6 Å². The molecule has 2 heterocycles. The van der Waals surface area contributed by atoms with Gasteiger partial charge in [-0.2, -0.15) is 5.10 Å². The Morgan fingerprint density at radius 1 is 1.03 bits per heavy atom. The van der Waals surface area contributed by atoms with E-state index in [1.807, 2.05) is 43.7 Å². The predicted octanol–water partition coefficient (Wildman–Crippen LogP) is 6.98. The van der Waals surface area contributed by atoms with Gasteiger partial charge >= 0.3 is 0 Å². The maximum atomic E-state index is 12.8. The van der Waals surface area contributed by atoms with Gasteiger partial charge in [0.25, 0.3) is 11.8 Å². The van der Waals surface area contributed by atoms with Crippen LogP contribution in [0.2, 0.25) is 5.02 Å². The number of carbonyl (C=O) groups is 2. The van der Waals surface area contributed by atoms with Gasteiger partial charge in [0.2, 0.25) is 0 Å². The second-order valence-corrected chi connectivity index (χ2v) is 9.78. The zero-order chi connectivity index (χ0) is 24.4. The predicted molar refractivity (Wildman–Crippen MR) is 141 cm³/mol. The fourth-order valence-corrected chi connectivity index (χ4v) is 5.31. The van der Waals surface area contributed by atoms with Crippen molar-refractivity contribution in [1.82, 2.24) is 9.78 Å². The van der Waals surface area contributed by atoms with E-state index in [1.54, 1.807) is 24.3 Å². The fourth-order valence-electron chi connectivity index (χ4n) is 3.80. The molecular weight excluding hydrogens is 468 g/mol. The molecule has 0 saturated carbocycles. The lowest BCUT2D eigenvalue weighted by Crippen LogP contribution is -2.14. The average molecular weight is 495 g/mol. The number of nitrogens with zero attached hydrogens (tertiary/aromatic N) is 2. The summed E-state index contributed by atoms with van der Waals surface area (Å²) in [5, 5.41) is 11.7. The minimum absolute atomic E-state index is 0.220. The molecule has 2 aromatic heterocycles. The molecule has 2 amide bonds. The molecule has 0 aliphatic carbocycles. The van der Waals surface area contributed by atoms with E-state index in [9.17, 15) is 9.59 Å². The first-order valence-electron chi connectivity index (χ1n) is 11.2. The van der Waals surface area contributed by atoms with E-state index >= 15 is 0 Å². The van der Waals surface area contributed by atoms with Gasteiger partial charge in [-0.25, -0.2) is 0 Å². The SMILES string of the molecule is CCCCn1nc(C)c(NC(=O)c2ccc(NC(=O)c3sc4cc(C)ccc4c3Cl)cc2)c1C. The summed E-state index contributed by atoms with van der Waals surface area (Å²) in [4.78, 5) is 26.1. The highest BCUT2D eigenvalue weighted by molar-refractivity contribution is 7.21. The van der Waals surface area contributed by atoms with Crippen molar-refractivity contribution in [2.45, 2.75) is 47.1 Å². The first kappa shape index (κ1) is 24.0. The van der Waals surface area contributed by atoms with Gasteiger partial charge in [-0.3, -0.25) is 14.3 Å². The third-order valence-electron chi connectivity index (χ3n) is 5.74. The first-order chi connectivity index (χ1) is 16.3. The molecule has 0 radical (unpaired) electrons. The van der Waals surface area contributed by atoms with E-state index < -0.39 is 0 Å². The molecule has 0 spiro atoms. The number of aromatic nitrogens is 2. The Morgan fingerprint density at radius 3 is 2.47 bits per heavy atom. The molecular formula is C26H27ClN4O2S. The Labute approximate surface area is 207 Å². The molecule has 34 heavy (non-hydrogen) atoms.